The van der Waals surface area contributed by atoms with Gasteiger partial charge in [-0.05, 0) is 34.6 Å². The summed E-state index contributed by atoms with van der Waals surface area (Å²) in [7, 11) is 0. The van der Waals surface area contributed by atoms with E-state index in [2.05, 4.69) is 15.4 Å². The Morgan fingerprint density at radius 2 is 2.10 bits per heavy atom. The molecule has 1 aromatic heterocycles. The van der Waals surface area contributed by atoms with Crippen LogP contribution in [0.4, 0.5) is 0 Å². The number of aromatic nitrogens is 3. The second kappa shape index (κ2) is 5.46. The molecule has 1 aliphatic rings. The summed E-state index contributed by atoms with van der Waals surface area (Å²) in [6.45, 7) is 9.73. The van der Waals surface area contributed by atoms with Crippen molar-refractivity contribution in [2.75, 3.05) is 0 Å². The molecule has 0 saturated carbocycles. The number of rotatable bonds is 3. The molecule has 21 heavy (non-hydrogen) atoms. The number of hydrogen-bond acceptors (Lipinski definition) is 4. The number of carbonyl (C=O) groups is 2. The lowest BCUT2D eigenvalue weighted by atomic mass is 10.0. The van der Waals surface area contributed by atoms with Gasteiger partial charge >= 0.3 is 0 Å². The van der Waals surface area contributed by atoms with E-state index >= 15 is 0 Å². The molecular weight excluding hydrogens is 270 g/mol. The molecular formula is C14H23N5O2. The first-order valence-electron chi connectivity index (χ1n) is 7.23. The molecule has 1 unspecified atom stereocenters. The summed E-state index contributed by atoms with van der Waals surface area (Å²) in [6, 6.07) is 0.00393. The Morgan fingerprint density at radius 1 is 1.43 bits per heavy atom. The smallest absolute Gasteiger partial charge is 0.248 e. The number of nitrogens with zero attached hydrogens (tertiary/aromatic N) is 4. The van der Waals surface area contributed by atoms with Crippen LogP contribution < -0.4 is 5.32 Å². The fraction of sp³-hybridized carbons (Fsp3) is 0.714. The molecule has 0 aliphatic carbocycles. The molecule has 116 valence electrons. The molecule has 1 saturated heterocycles. The summed E-state index contributed by atoms with van der Waals surface area (Å²) in [5, 5.41) is 6.96. The van der Waals surface area contributed by atoms with Gasteiger partial charge in [-0.1, -0.05) is 0 Å². The normalized spacial score (nSPS) is 22.4. The molecule has 2 rings (SSSR count). The molecule has 7 nitrogen and oxygen atoms in total. The van der Waals surface area contributed by atoms with Gasteiger partial charge in [0.05, 0.1) is 6.54 Å². The average molecular weight is 293 g/mol. The third-order valence-electron chi connectivity index (χ3n) is 3.71. The lowest BCUT2D eigenvalue weighted by Gasteiger charge is -2.31. The fourth-order valence-electron chi connectivity index (χ4n) is 2.59. The number of amides is 2. The molecule has 2 heterocycles. The maximum atomic E-state index is 12.7. The lowest BCUT2D eigenvalue weighted by molar-refractivity contribution is -0.139. The zero-order chi connectivity index (χ0) is 15.8. The van der Waals surface area contributed by atoms with Crippen LogP contribution >= 0.6 is 0 Å². The quantitative estimate of drug-likeness (QED) is 0.897. The summed E-state index contributed by atoms with van der Waals surface area (Å²) >= 11 is 0. The van der Waals surface area contributed by atoms with Crippen molar-refractivity contribution in [3.8, 4) is 0 Å². The van der Waals surface area contributed by atoms with Gasteiger partial charge in [0.1, 0.15) is 17.7 Å². The van der Waals surface area contributed by atoms with Gasteiger partial charge in [-0.25, -0.2) is 9.67 Å². The molecule has 2 amide bonds. The summed E-state index contributed by atoms with van der Waals surface area (Å²) in [6.07, 6.45) is 1.79. The monoisotopic (exact) mass is 293 g/mol. The largest absolute Gasteiger partial charge is 0.342 e. The van der Waals surface area contributed by atoms with Crippen LogP contribution in [0.15, 0.2) is 6.33 Å². The maximum absolute atomic E-state index is 12.7. The van der Waals surface area contributed by atoms with Crippen LogP contribution in [-0.4, -0.2) is 43.1 Å². The molecule has 0 spiro atoms. The highest BCUT2D eigenvalue weighted by atomic mass is 16.2. The molecule has 7 heteroatoms. The third-order valence-corrected chi connectivity index (χ3v) is 3.71. The van der Waals surface area contributed by atoms with E-state index in [0.29, 0.717) is 13.0 Å². The molecule has 1 N–H and O–H groups in total. The van der Waals surface area contributed by atoms with Crippen molar-refractivity contribution in [1.29, 1.82) is 0 Å². The number of carbonyl (C=O) groups excluding carboxylic acids is 2. The molecule has 1 atom stereocenters. The second-order valence-electron chi connectivity index (χ2n) is 6.37. The van der Waals surface area contributed by atoms with Crippen LogP contribution in [0.3, 0.4) is 0 Å². The second-order valence-corrected chi connectivity index (χ2v) is 6.37. The van der Waals surface area contributed by atoms with Crippen molar-refractivity contribution < 1.29 is 9.59 Å². The van der Waals surface area contributed by atoms with E-state index in [1.807, 2.05) is 20.8 Å². The van der Waals surface area contributed by atoms with Crippen LogP contribution in [0.25, 0.3) is 0 Å². The summed E-state index contributed by atoms with van der Waals surface area (Å²) in [5.74, 6) is 0.531. The topological polar surface area (TPSA) is 80.1 Å². The fourth-order valence-corrected chi connectivity index (χ4v) is 2.59. The van der Waals surface area contributed by atoms with Gasteiger partial charge in [-0.3, -0.25) is 9.59 Å². The third kappa shape index (κ3) is 3.06. The lowest BCUT2D eigenvalue weighted by Crippen LogP contribution is -2.53. The molecule has 1 fully saturated rings. The van der Waals surface area contributed by atoms with E-state index in [9.17, 15) is 9.59 Å². The predicted octanol–water partition coefficient (Wildman–Crippen LogP) is 0.875. The SMILES string of the molecule is CC1CC(=O)NC(C)(C)C(=O)N1Cc1ncnn1C(C)C. The summed E-state index contributed by atoms with van der Waals surface area (Å²) in [4.78, 5) is 30.5. The minimum atomic E-state index is -0.898. The zero-order valence-electron chi connectivity index (χ0n) is 13.3. The van der Waals surface area contributed by atoms with E-state index in [1.165, 1.54) is 6.33 Å². The van der Waals surface area contributed by atoms with E-state index in [1.54, 1.807) is 23.4 Å². The Balaban J connectivity index is 2.29. The van der Waals surface area contributed by atoms with Gasteiger partial charge in [0.2, 0.25) is 11.8 Å². The van der Waals surface area contributed by atoms with Gasteiger partial charge in [-0.2, -0.15) is 5.10 Å². The zero-order valence-corrected chi connectivity index (χ0v) is 13.3. The Labute approximate surface area is 124 Å². The van der Waals surface area contributed by atoms with Crippen LogP contribution in [0.2, 0.25) is 0 Å². The minimum Gasteiger partial charge on any atom is -0.342 e. The first-order chi connectivity index (χ1) is 9.72. The van der Waals surface area contributed by atoms with Gasteiger partial charge in [0, 0.05) is 18.5 Å². The van der Waals surface area contributed by atoms with Crippen molar-refractivity contribution in [1.82, 2.24) is 25.0 Å². The Bertz CT molecular complexity index is 549. The summed E-state index contributed by atoms with van der Waals surface area (Å²) in [5.41, 5.74) is -0.898. The van der Waals surface area contributed by atoms with Crippen LogP contribution in [0, 0.1) is 0 Å². The van der Waals surface area contributed by atoms with Crippen molar-refractivity contribution in [3.63, 3.8) is 0 Å². The van der Waals surface area contributed by atoms with Crippen LogP contribution in [0.1, 0.15) is 52.9 Å². The molecule has 1 aliphatic heterocycles. The number of hydrogen-bond donors (Lipinski definition) is 1. The predicted molar refractivity (Wildman–Crippen MR) is 77.3 cm³/mol. The first-order valence-corrected chi connectivity index (χ1v) is 7.23. The van der Waals surface area contributed by atoms with Crippen LogP contribution in [0.5, 0.6) is 0 Å². The van der Waals surface area contributed by atoms with Gasteiger partial charge < -0.3 is 10.2 Å². The first kappa shape index (κ1) is 15.5. The Hall–Kier alpha value is -1.92. The highest BCUT2D eigenvalue weighted by Gasteiger charge is 2.40. The van der Waals surface area contributed by atoms with Crippen molar-refractivity contribution in [2.45, 2.75) is 65.2 Å². The van der Waals surface area contributed by atoms with Gasteiger partial charge in [0.25, 0.3) is 0 Å². The minimum absolute atomic E-state index is 0.0980. The Kier molecular flexibility index (Phi) is 4.02. The van der Waals surface area contributed by atoms with Gasteiger partial charge in [0.15, 0.2) is 0 Å². The van der Waals surface area contributed by atoms with E-state index in [-0.39, 0.29) is 23.9 Å². The molecule has 0 bridgehead atoms. The average Bonchev–Trinajstić information content (AvgIpc) is 2.79. The Morgan fingerprint density at radius 3 is 2.71 bits per heavy atom. The van der Waals surface area contributed by atoms with Crippen LogP contribution in [-0.2, 0) is 16.1 Å². The summed E-state index contributed by atoms with van der Waals surface area (Å²) < 4.78 is 1.80. The van der Waals surface area contributed by atoms with Crippen molar-refractivity contribution in [2.24, 2.45) is 0 Å². The van der Waals surface area contributed by atoms with E-state index in [4.69, 9.17) is 0 Å². The highest BCUT2D eigenvalue weighted by molar-refractivity contribution is 5.93. The molecule has 1 aromatic rings. The molecule has 0 aromatic carbocycles. The van der Waals surface area contributed by atoms with Gasteiger partial charge in [-0.15, -0.1) is 0 Å². The van der Waals surface area contributed by atoms with Crippen molar-refractivity contribution in [3.05, 3.63) is 12.2 Å². The van der Waals surface area contributed by atoms with Crippen molar-refractivity contribution >= 4 is 11.8 Å². The van der Waals surface area contributed by atoms with E-state index < -0.39 is 5.54 Å². The standard InChI is InChI=1S/C14H23N5O2/c1-9(2)19-11(15-8-16-19)7-18-10(3)6-12(20)17-14(4,5)13(18)21/h8-10H,6-7H2,1-5H3,(H,17,20). The highest BCUT2D eigenvalue weighted by Crippen LogP contribution is 2.20. The number of nitrogens with one attached hydrogen (secondary N) is 1. The molecule has 0 radical (unpaired) electrons. The maximum Gasteiger partial charge on any atom is 0.248 e. The van der Waals surface area contributed by atoms with E-state index in [0.717, 1.165) is 5.82 Å².